The maximum Gasteiger partial charge on any atom is 0.267 e. The molecule has 0 spiro atoms. The maximum absolute atomic E-state index is 12.3. The van der Waals surface area contributed by atoms with Crippen LogP contribution in [-0.4, -0.2) is 36.5 Å². The molecule has 29 heavy (non-hydrogen) atoms. The first-order valence-corrected chi connectivity index (χ1v) is 9.22. The van der Waals surface area contributed by atoms with E-state index in [1.165, 1.54) is 6.07 Å². The normalized spacial score (nSPS) is 10.4. The van der Waals surface area contributed by atoms with Crippen LogP contribution in [0.2, 0.25) is 0 Å². The zero-order chi connectivity index (χ0) is 20.6. The number of nitrogens with zero attached hydrogens (tertiary/aromatic N) is 2. The van der Waals surface area contributed by atoms with Crippen LogP contribution in [0, 0.1) is 0 Å². The summed E-state index contributed by atoms with van der Waals surface area (Å²) in [6.45, 7) is 0.328. The van der Waals surface area contributed by atoms with Gasteiger partial charge in [0.2, 0.25) is 5.91 Å². The molecule has 0 atom stereocenters. The summed E-state index contributed by atoms with van der Waals surface area (Å²) in [5.41, 5.74) is 1.96. The Bertz CT molecular complexity index is 1030. The molecule has 0 bridgehead atoms. The van der Waals surface area contributed by atoms with Crippen molar-refractivity contribution >= 4 is 5.91 Å². The van der Waals surface area contributed by atoms with E-state index >= 15 is 0 Å². The van der Waals surface area contributed by atoms with E-state index in [-0.39, 0.29) is 18.0 Å². The average Bonchev–Trinajstić information content (AvgIpc) is 2.75. The Labute approximate surface area is 168 Å². The molecule has 0 aliphatic rings. The Morgan fingerprint density at radius 3 is 2.55 bits per heavy atom. The summed E-state index contributed by atoms with van der Waals surface area (Å²) in [7, 11) is 3.13. The predicted octanol–water partition coefficient (Wildman–Crippen LogP) is 2.29. The summed E-state index contributed by atoms with van der Waals surface area (Å²) in [6, 6.07) is 18.2. The Morgan fingerprint density at radius 1 is 1.03 bits per heavy atom. The Morgan fingerprint density at radius 2 is 1.83 bits per heavy atom. The summed E-state index contributed by atoms with van der Waals surface area (Å²) < 4.78 is 11.8. The molecule has 0 fully saturated rings. The molecule has 7 heteroatoms. The number of benzene rings is 2. The van der Waals surface area contributed by atoms with Crippen molar-refractivity contribution in [2.75, 3.05) is 20.8 Å². The van der Waals surface area contributed by atoms with Gasteiger partial charge >= 0.3 is 0 Å². The molecule has 0 aliphatic heterocycles. The number of rotatable bonds is 8. The van der Waals surface area contributed by atoms with Crippen molar-refractivity contribution in [2.45, 2.75) is 13.0 Å². The fraction of sp³-hybridized carbons (Fsp3) is 0.227. The van der Waals surface area contributed by atoms with E-state index in [9.17, 15) is 9.59 Å². The SMILES string of the molecule is COc1ccc(OC)c(-c2ccc(=O)n(CC(=O)NCCc3ccccc3)n2)c1. The zero-order valence-corrected chi connectivity index (χ0v) is 16.4. The zero-order valence-electron chi connectivity index (χ0n) is 16.4. The van der Waals surface area contributed by atoms with Crippen LogP contribution < -0.4 is 20.3 Å². The van der Waals surface area contributed by atoms with Crippen LogP contribution >= 0.6 is 0 Å². The van der Waals surface area contributed by atoms with Crippen molar-refractivity contribution in [1.29, 1.82) is 0 Å². The van der Waals surface area contributed by atoms with Gasteiger partial charge < -0.3 is 14.8 Å². The average molecular weight is 393 g/mol. The molecular formula is C22H23N3O4. The molecular weight excluding hydrogens is 370 g/mol. The lowest BCUT2D eigenvalue weighted by molar-refractivity contribution is -0.121. The number of aromatic nitrogens is 2. The minimum Gasteiger partial charge on any atom is -0.497 e. The minimum atomic E-state index is -0.353. The van der Waals surface area contributed by atoms with Gasteiger partial charge in [-0.05, 0) is 36.2 Å². The van der Waals surface area contributed by atoms with Gasteiger partial charge in [-0.1, -0.05) is 30.3 Å². The van der Waals surface area contributed by atoms with E-state index in [1.54, 1.807) is 38.5 Å². The summed E-state index contributed by atoms with van der Waals surface area (Å²) in [5.74, 6) is 0.958. The van der Waals surface area contributed by atoms with Gasteiger partial charge in [-0.15, -0.1) is 0 Å². The second-order valence-corrected chi connectivity index (χ2v) is 6.37. The number of hydrogen-bond donors (Lipinski definition) is 1. The van der Waals surface area contributed by atoms with Crippen LogP contribution in [0.1, 0.15) is 5.56 Å². The molecule has 0 saturated carbocycles. The lowest BCUT2D eigenvalue weighted by Crippen LogP contribution is -2.34. The Hall–Kier alpha value is -3.61. The van der Waals surface area contributed by atoms with E-state index in [4.69, 9.17) is 9.47 Å². The third-order valence-corrected chi connectivity index (χ3v) is 4.42. The van der Waals surface area contributed by atoms with Gasteiger partial charge in [0, 0.05) is 18.2 Å². The van der Waals surface area contributed by atoms with Crippen molar-refractivity contribution in [3.63, 3.8) is 0 Å². The highest BCUT2D eigenvalue weighted by molar-refractivity contribution is 5.75. The molecule has 0 saturated heterocycles. The number of ether oxygens (including phenoxy) is 2. The molecule has 3 aromatic rings. The van der Waals surface area contributed by atoms with Crippen LogP contribution in [0.4, 0.5) is 0 Å². The highest BCUT2D eigenvalue weighted by Crippen LogP contribution is 2.31. The first-order chi connectivity index (χ1) is 14.1. The van der Waals surface area contributed by atoms with Gasteiger partial charge in [0.1, 0.15) is 18.0 Å². The lowest BCUT2D eigenvalue weighted by atomic mass is 10.1. The molecule has 7 nitrogen and oxygen atoms in total. The largest absolute Gasteiger partial charge is 0.497 e. The van der Waals surface area contributed by atoms with E-state index < -0.39 is 0 Å². The van der Waals surface area contributed by atoms with Crippen molar-refractivity contribution < 1.29 is 14.3 Å². The summed E-state index contributed by atoms with van der Waals surface area (Å²) in [5, 5.41) is 7.16. The third-order valence-electron chi connectivity index (χ3n) is 4.42. The topological polar surface area (TPSA) is 82.5 Å². The number of amides is 1. The third kappa shape index (κ3) is 5.22. The minimum absolute atomic E-state index is 0.159. The second kappa shape index (κ2) is 9.54. The summed E-state index contributed by atoms with van der Waals surface area (Å²) >= 11 is 0. The quantitative estimate of drug-likeness (QED) is 0.635. The van der Waals surface area contributed by atoms with Crippen molar-refractivity contribution in [3.05, 3.63) is 76.6 Å². The monoisotopic (exact) mass is 393 g/mol. The van der Waals surface area contributed by atoms with Gasteiger partial charge in [0.25, 0.3) is 5.56 Å². The number of carbonyl (C=O) groups is 1. The molecule has 0 radical (unpaired) electrons. The van der Waals surface area contributed by atoms with Crippen LogP contribution in [0.5, 0.6) is 11.5 Å². The Balaban J connectivity index is 1.72. The molecule has 1 aromatic heterocycles. The highest BCUT2D eigenvalue weighted by Gasteiger charge is 2.12. The summed E-state index contributed by atoms with van der Waals surface area (Å²) in [4.78, 5) is 24.4. The lowest BCUT2D eigenvalue weighted by Gasteiger charge is -2.12. The predicted molar refractivity (Wildman–Crippen MR) is 110 cm³/mol. The number of nitrogens with one attached hydrogen (secondary N) is 1. The molecule has 0 aliphatic carbocycles. The van der Waals surface area contributed by atoms with Crippen molar-refractivity contribution in [2.24, 2.45) is 0 Å². The van der Waals surface area contributed by atoms with Crippen LogP contribution in [0.3, 0.4) is 0 Å². The van der Waals surface area contributed by atoms with Crippen LogP contribution in [0.15, 0.2) is 65.5 Å². The molecule has 1 amide bonds. The molecule has 2 aromatic carbocycles. The molecule has 0 unspecified atom stereocenters. The fourth-order valence-corrected chi connectivity index (χ4v) is 2.90. The van der Waals surface area contributed by atoms with E-state index in [2.05, 4.69) is 10.4 Å². The standard InChI is InChI=1S/C22H23N3O4/c1-28-17-8-10-20(29-2)18(14-17)19-9-11-22(27)25(24-19)15-21(26)23-13-12-16-6-4-3-5-7-16/h3-11,14H,12-13,15H2,1-2H3,(H,23,26). The van der Waals surface area contributed by atoms with E-state index in [0.717, 1.165) is 16.7 Å². The first-order valence-electron chi connectivity index (χ1n) is 9.22. The molecule has 1 N–H and O–H groups in total. The van der Waals surface area contributed by atoms with Gasteiger partial charge in [0.15, 0.2) is 0 Å². The fourth-order valence-electron chi connectivity index (χ4n) is 2.90. The number of hydrogen-bond acceptors (Lipinski definition) is 5. The van der Waals surface area contributed by atoms with Crippen molar-refractivity contribution in [3.8, 4) is 22.8 Å². The van der Waals surface area contributed by atoms with Gasteiger partial charge in [-0.25, -0.2) is 4.68 Å². The van der Waals surface area contributed by atoms with Gasteiger partial charge in [-0.3, -0.25) is 9.59 Å². The first kappa shape index (κ1) is 20.1. The van der Waals surface area contributed by atoms with Crippen LogP contribution in [0.25, 0.3) is 11.3 Å². The number of methoxy groups -OCH3 is 2. The summed E-state index contributed by atoms with van der Waals surface area (Å²) in [6.07, 6.45) is 0.718. The molecule has 3 rings (SSSR count). The smallest absolute Gasteiger partial charge is 0.267 e. The molecule has 150 valence electrons. The van der Waals surface area contributed by atoms with Gasteiger partial charge in [-0.2, -0.15) is 5.10 Å². The van der Waals surface area contributed by atoms with E-state index in [0.29, 0.717) is 29.3 Å². The second-order valence-electron chi connectivity index (χ2n) is 6.37. The van der Waals surface area contributed by atoms with Crippen molar-refractivity contribution in [1.82, 2.24) is 15.1 Å². The van der Waals surface area contributed by atoms with Crippen LogP contribution in [-0.2, 0) is 17.8 Å². The maximum atomic E-state index is 12.3. The number of carbonyl (C=O) groups excluding carboxylic acids is 1. The Kier molecular flexibility index (Phi) is 6.63. The molecule has 1 heterocycles. The van der Waals surface area contributed by atoms with E-state index in [1.807, 2.05) is 30.3 Å². The van der Waals surface area contributed by atoms with Gasteiger partial charge in [0.05, 0.1) is 19.9 Å². The highest BCUT2D eigenvalue weighted by atomic mass is 16.5.